The van der Waals surface area contributed by atoms with Crippen LogP contribution in [0.2, 0.25) is 0 Å². The van der Waals surface area contributed by atoms with Crippen LogP contribution in [0.15, 0.2) is 35.7 Å². The maximum absolute atomic E-state index is 12.1. The minimum Gasteiger partial charge on any atom is -0.312 e. The molecule has 2 aromatic rings. The van der Waals surface area contributed by atoms with E-state index in [2.05, 4.69) is 15.0 Å². The number of nitrogens with one attached hydrogen (secondary N) is 2. The summed E-state index contributed by atoms with van der Waals surface area (Å²) in [4.78, 5) is 4.27. The SMILES string of the molecule is CNC(C)c1csc(NS(=O)(=O)Cc2ccccc2)n1. The average Bonchev–Trinajstić information content (AvgIpc) is 2.86. The van der Waals surface area contributed by atoms with Gasteiger partial charge < -0.3 is 5.32 Å². The number of hydrogen-bond donors (Lipinski definition) is 2. The van der Waals surface area contributed by atoms with Crippen LogP contribution in [0.1, 0.15) is 24.2 Å². The van der Waals surface area contributed by atoms with Gasteiger partial charge in [0.05, 0.1) is 11.4 Å². The average molecular weight is 311 g/mol. The molecule has 5 nitrogen and oxygen atoms in total. The quantitative estimate of drug-likeness (QED) is 0.859. The first-order valence-electron chi connectivity index (χ1n) is 6.17. The van der Waals surface area contributed by atoms with Gasteiger partial charge in [-0.1, -0.05) is 30.3 Å². The van der Waals surface area contributed by atoms with E-state index < -0.39 is 10.0 Å². The van der Waals surface area contributed by atoms with Crippen molar-refractivity contribution < 1.29 is 8.42 Å². The van der Waals surface area contributed by atoms with Gasteiger partial charge in [0.1, 0.15) is 0 Å². The van der Waals surface area contributed by atoms with Crippen LogP contribution in [0.3, 0.4) is 0 Å². The third-order valence-corrected chi connectivity index (χ3v) is 4.96. The normalized spacial score (nSPS) is 13.1. The zero-order valence-corrected chi connectivity index (χ0v) is 13.0. The first kappa shape index (κ1) is 15.0. The fourth-order valence-electron chi connectivity index (χ4n) is 1.64. The van der Waals surface area contributed by atoms with E-state index >= 15 is 0 Å². The summed E-state index contributed by atoms with van der Waals surface area (Å²) >= 11 is 1.29. The molecule has 0 aliphatic rings. The summed E-state index contributed by atoms with van der Waals surface area (Å²) in [5.41, 5.74) is 1.58. The second-order valence-corrected chi connectivity index (χ2v) is 7.02. The molecule has 0 saturated carbocycles. The predicted octanol–water partition coefficient (Wildman–Crippen LogP) is 2.37. The fraction of sp³-hybridized carbons (Fsp3) is 0.308. The molecule has 1 atom stereocenters. The Balaban J connectivity index is 2.07. The summed E-state index contributed by atoms with van der Waals surface area (Å²) in [6.07, 6.45) is 0. The Hall–Kier alpha value is -1.44. The van der Waals surface area contributed by atoms with Crippen LogP contribution < -0.4 is 10.0 Å². The molecule has 0 saturated heterocycles. The van der Waals surface area contributed by atoms with Crippen molar-refractivity contribution in [1.82, 2.24) is 10.3 Å². The maximum atomic E-state index is 12.1. The van der Waals surface area contributed by atoms with Crippen molar-refractivity contribution in [1.29, 1.82) is 0 Å². The number of rotatable bonds is 6. The molecule has 7 heteroatoms. The molecule has 0 aliphatic heterocycles. The Morgan fingerprint density at radius 3 is 2.65 bits per heavy atom. The molecule has 108 valence electrons. The van der Waals surface area contributed by atoms with Gasteiger partial charge in [-0.15, -0.1) is 11.3 Å². The van der Waals surface area contributed by atoms with Crippen LogP contribution in [0.5, 0.6) is 0 Å². The van der Waals surface area contributed by atoms with Crippen LogP contribution in [0.25, 0.3) is 0 Å². The molecule has 0 bridgehead atoms. The maximum Gasteiger partial charge on any atom is 0.238 e. The minimum absolute atomic E-state index is 0.0513. The van der Waals surface area contributed by atoms with Gasteiger partial charge in [0.15, 0.2) is 5.13 Å². The lowest BCUT2D eigenvalue weighted by Crippen LogP contribution is -2.16. The van der Waals surface area contributed by atoms with Crippen molar-refractivity contribution in [2.24, 2.45) is 0 Å². The molecule has 20 heavy (non-hydrogen) atoms. The molecule has 2 N–H and O–H groups in total. The first-order chi connectivity index (χ1) is 9.50. The third-order valence-electron chi connectivity index (χ3n) is 2.84. The van der Waals surface area contributed by atoms with Gasteiger partial charge in [-0.25, -0.2) is 13.4 Å². The van der Waals surface area contributed by atoms with E-state index in [9.17, 15) is 8.42 Å². The smallest absolute Gasteiger partial charge is 0.238 e. The van der Waals surface area contributed by atoms with Gasteiger partial charge in [0.25, 0.3) is 0 Å². The highest BCUT2D eigenvalue weighted by Gasteiger charge is 2.15. The van der Waals surface area contributed by atoms with Crippen LogP contribution >= 0.6 is 11.3 Å². The molecular weight excluding hydrogens is 294 g/mol. The van der Waals surface area contributed by atoms with E-state index in [-0.39, 0.29) is 11.8 Å². The molecule has 0 aliphatic carbocycles. The standard InChI is InChI=1S/C13H17N3O2S2/c1-10(14-2)12-8-19-13(15-12)16-20(17,18)9-11-6-4-3-5-7-11/h3-8,10,14H,9H2,1-2H3,(H,15,16). The molecule has 0 spiro atoms. The van der Waals surface area contributed by atoms with Gasteiger partial charge in [0.2, 0.25) is 10.0 Å². The lowest BCUT2D eigenvalue weighted by atomic mass is 10.2. The van der Waals surface area contributed by atoms with Crippen molar-refractivity contribution in [2.75, 3.05) is 11.8 Å². The lowest BCUT2D eigenvalue weighted by molar-refractivity contribution is 0.600. The molecule has 0 fully saturated rings. The zero-order valence-electron chi connectivity index (χ0n) is 11.3. The summed E-state index contributed by atoms with van der Waals surface area (Å²) in [5.74, 6) is -0.0513. The van der Waals surface area contributed by atoms with Gasteiger partial charge >= 0.3 is 0 Å². The van der Waals surface area contributed by atoms with E-state index in [1.165, 1.54) is 11.3 Å². The number of benzene rings is 1. The lowest BCUT2D eigenvalue weighted by Gasteiger charge is -2.06. The van der Waals surface area contributed by atoms with E-state index in [0.717, 1.165) is 11.3 Å². The predicted molar refractivity (Wildman–Crippen MR) is 82.3 cm³/mol. The number of anilines is 1. The van der Waals surface area contributed by atoms with Crippen molar-refractivity contribution in [3.63, 3.8) is 0 Å². The van der Waals surface area contributed by atoms with Crippen LogP contribution in [0.4, 0.5) is 5.13 Å². The largest absolute Gasteiger partial charge is 0.312 e. The third kappa shape index (κ3) is 4.03. The molecular formula is C13H17N3O2S2. The van der Waals surface area contributed by atoms with Crippen LogP contribution in [-0.2, 0) is 15.8 Å². The Morgan fingerprint density at radius 2 is 2.00 bits per heavy atom. The Kier molecular flexibility index (Phi) is 4.74. The van der Waals surface area contributed by atoms with Crippen molar-refractivity contribution in [3.05, 3.63) is 47.0 Å². The van der Waals surface area contributed by atoms with E-state index in [1.54, 1.807) is 12.1 Å². The highest BCUT2D eigenvalue weighted by Crippen LogP contribution is 2.21. The Labute approximate surface area is 123 Å². The summed E-state index contributed by atoms with van der Waals surface area (Å²) in [5, 5.41) is 5.31. The van der Waals surface area contributed by atoms with Crippen LogP contribution in [-0.4, -0.2) is 20.4 Å². The molecule has 0 amide bonds. The van der Waals surface area contributed by atoms with Crippen molar-refractivity contribution >= 4 is 26.5 Å². The molecule has 2 rings (SSSR count). The van der Waals surface area contributed by atoms with Gasteiger partial charge in [-0.3, -0.25) is 4.72 Å². The number of nitrogens with zero attached hydrogens (tertiary/aromatic N) is 1. The van der Waals surface area contributed by atoms with Gasteiger partial charge in [0, 0.05) is 11.4 Å². The van der Waals surface area contributed by atoms with Crippen LogP contribution in [0, 0.1) is 0 Å². The number of thiazole rings is 1. The second kappa shape index (κ2) is 6.34. The molecule has 1 heterocycles. The number of hydrogen-bond acceptors (Lipinski definition) is 5. The molecule has 0 radical (unpaired) electrons. The van der Waals surface area contributed by atoms with Crippen molar-refractivity contribution in [2.45, 2.75) is 18.7 Å². The molecule has 1 unspecified atom stereocenters. The number of sulfonamides is 1. The van der Waals surface area contributed by atoms with E-state index in [1.807, 2.05) is 37.6 Å². The summed E-state index contributed by atoms with van der Waals surface area (Å²) in [7, 11) is -1.59. The first-order valence-corrected chi connectivity index (χ1v) is 8.70. The summed E-state index contributed by atoms with van der Waals surface area (Å²) in [6.45, 7) is 1.97. The van der Waals surface area contributed by atoms with E-state index in [4.69, 9.17) is 0 Å². The summed E-state index contributed by atoms with van der Waals surface area (Å²) < 4.78 is 26.6. The minimum atomic E-state index is -3.43. The fourth-order valence-corrected chi connectivity index (χ4v) is 3.88. The van der Waals surface area contributed by atoms with Gasteiger partial charge in [-0.2, -0.15) is 0 Å². The Bertz CT molecular complexity index is 653. The second-order valence-electron chi connectivity index (χ2n) is 4.43. The summed E-state index contributed by atoms with van der Waals surface area (Å²) in [6, 6.07) is 9.17. The van der Waals surface area contributed by atoms with Gasteiger partial charge in [-0.05, 0) is 19.5 Å². The Morgan fingerprint density at radius 1 is 1.30 bits per heavy atom. The number of aromatic nitrogens is 1. The highest BCUT2D eigenvalue weighted by atomic mass is 32.2. The zero-order chi connectivity index (χ0) is 14.6. The van der Waals surface area contributed by atoms with E-state index in [0.29, 0.717) is 5.13 Å². The topological polar surface area (TPSA) is 71.1 Å². The molecule has 1 aromatic carbocycles. The monoisotopic (exact) mass is 311 g/mol. The van der Waals surface area contributed by atoms with Crippen molar-refractivity contribution in [3.8, 4) is 0 Å². The highest BCUT2D eigenvalue weighted by molar-refractivity contribution is 7.92. The molecule has 1 aromatic heterocycles.